The molecule has 35 heavy (non-hydrogen) atoms. The quantitative estimate of drug-likeness (QED) is 0.324. The topological polar surface area (TPSA) is 98.0 Å². The van der Waals surface area contributed by atoms with Crippen molar-refractivity contribution in [2.45, 2.75) is 32.4 Å². The first-order valence-electron chi connectivity index (χ1n) is 11.6. The van der Waals surface area contributed by atoms with Gasteiger partial charge in [0.05, 0.1) is 29.7 Å². The van der Waals surface area contributed by atoms with Gasteiger partial charge in [-0.15, -0.1) is 0 Å². The molecule has 0 amide bonds. The summed E-state index contributed by atoms with van der Waals surface area (Å²) in [5.41, 5.74) is 4.68. The Morgan fingerprint density at radius 3 is 2.63 bits per heavy atom. The van der Waals surface area contributed by atoms with Gasteiger partial charge in [-0.3, -0.25) is 9.78 Å². The molecule has 8 nitrogen and oxygen atoms in total. The monoisotopic (exact) mass is 463 g/mol. The van der Waals surface area contributed by atoms with Crippen LogP contribution in [0.4, 0.5) is 0 Å². The third kappa shape index (κ3) is 5.28. The molecule has 0 spiro atoms. The van der Waals surface area contributed by atoms with Crippen LogP contribution in [0.15, 0.2) is 85.6 Å². The van der Waals surface area contributed by atoms with E-state index >= 15 is 0 Å². The van der Waals surface area contributed by atoms with Gasteiger partial charge in [-0.1, -0.05) is 30.3 Å². The zero-order valence-electron chi connectivity index (χ0n) is 19.4. The molecule has 174 valence electrons. The maximum atomic E-state index is 12.9. The van der Waals surface area contributed by atoms with E-state index in [1.807, 2.05) is 48.7 Å². The summed E-state index contributed by atoms with van der Waals surface area (Å²) < 4.78 is 1.72. The van der Waals surface area contributed by atoms with Gasteiger partial charge in [-0.25, -0.2) is 19.5 Å². The lowest BCUT2D eigenvalue weighted by Gasteiger charge is -2.12. The van der Waals surface area contributed by atoms with Gasteiger partial charge in [0, 0.05) is 48.4 Å². The molecule has 1 N–H and O–H groups in total. The minimum atomic E-state index is 0.0765. The summed E-state index contributed by atoms with van der Waals surface area (Å²) in [5, 5.41) is 7.79. The lowest BCUT2D eigenvalue weighted by Crippen LogP contribution is -2.27. The molecule has 0 unspecified atom stereocenters. The molecule has 0 bridgehead atoms. The van der Waals surface area contributed by atoms with Crippen LogP contribution in [0.5, 0.6) is 0 Å². The standard InChI is InChI=1S/C27H25N7O/c1-19(31-18-26-29-12-5-13-30-26)8-9-25(35)21-10-14-28-24(16-21)22-17-32-34-15-11-23(33-27(22)34)20-6-3-2-4-7-20/h2-7,10-17,19,31H,8-9,18H2,1H3/t19-/m0/s1. The van der Waals surface area contributed by atoms with E-state index in [2.05, 4.69) is 32.3 Å². The van der Waals surface area contributed by atoms with Crippen LogP contribution in [-0.4, -0.2) is 41.4 Å². The van der Waals surface area contributed by atoms with Gasteiger partial charge in [0.1, 0.15) is 5.82 Å². The van der Waals surface area contributed by atoms with E-state index in [1.165, 1.54) is 0 Å². The predicted octanol–water partition coefficient (Wildman–Crippen LogP) is 4.39. The number of ketones is 1. The fourth-order valence-corrected chi connectivity index (χ4v) is 3.85. The molecule has 0 aliphatic rings. The average molecular weight is 464 g/mol. The maximum absolute atomic E-state index is 12.9. The Morgan fingerprint density at radius 1 is 0.971 bits per heavy atom. The largest absolute Gasteiger partial charge is 0.307 e. The van der Waals surface area contributed by atoms with Crippen LogP contribution in [0, 0.1) is 0 Å². The number of rotatable bonds is 9. The number of benzene rings is 1. The lowest BCUT2D eigenvalue weighted by molar-refractivity contribution is 0.0976. The summed E-state index contributed by atoms with van der Waals surface area (Å²) in [6.45, 7) is 2.63. The molecule has 1 atom stereocenters. The van der Waals surface area contributed by atoms with Crippen LogP contribution in [0.3, 0.4) is 0 Å². The van der Waals surface area contributed by atoms with Crippen molar-refractivity contribution in [2.24, 2.45) is 0 Å². The van der Waals surface area contributed by atoms with Crippen molar-refractivity contribution in [3.05, 3.63) is 97.0 Å². The SMILES string of the molecule is C[C@@H](CCC(=O)c1ccnc(-c2cnn3ccc(-c4ccccc4)nc23)c1)NCc1ncccn1. The van der Waals surface area contributed by atoms with Crippen LogP contribution in [0.2, 0.25) is 0 Å². The molecule has 0 fully saturated rings. The molecule has 0 saturated heterocycles. The van der Waals surface area contributed by atoms with Crippen LogP contribution in [0.25, 0.3) is 28.2 Å². The van der Waals surface area contributed by atoms with Crippen LogP contribution < -0.4 is 5.32 Å². The van der Waals surface area contributed by atoms with Crippen LogP contribution in [-0.2, 0) is 6.54 Å². The van der Waals surface area contributed by atoms with E-state index in [9.17, 15) is 4.79 Å². The van der Waals surface area contributed by atoms with Crippen LogP contribution >= 0.6 is 0 Å². The number of Topliss-reactive ketones (excluding diaryl/α,β-unsaturated/α-hetero) is 1. The summed E-state index contributed by atoms with van der Waals surface area (Å²) in [4.78, 5) is 30.7. The fourth-order valence-electron chi connectivity index (χ4n) is 3.85. The van der Waals surface area contributed by atoms with E-state index in [0.29, 0.717) is 36.3 Å². The first-order chi connectivity index (χ1) is 17.2. The first kappa shape index (κ1) is 22.5. The summed E-state index contributed by atoms with van der Waals surface area (Å²) in [7, 11) is 0. The summed E-state index contributed by atoms with van der Waals surface area (Å²) in [6, 6.07) is 17.5. The van der Waals surface area contributed by atoms with Crippen molar-refractivity contribution >= 4 is 11.4 Å². The van der Waals surface area contributed by atoms with Gasteiger partial charge in [0.2, 0.25) is 0 Å². The molecule has 0 aliphatic carbocycles. The third-order valence-electron chi connectivity index (χ3n) is 5.83. The molecule has 8 heteroatoms. The van der Waals surface area contributed by atoms with E-state index < -0.39 is 0 Å². The Balaban J connectivity index is 1.29. The fraction of sp³-hybridized carbons (Fsp3) is 0.185. The van der Waals surface area contributed by atoms with Gasteiger partial charge in [-0.2, -0.15) is 5.10 Å². The summed E-state index contributed by atoms with van der Waals surface area (Å²) >= 11 is 0. The highest BCUT2D eigenvalue weighted by Gasteiger charge is 2.15. The zero-order chi connectivity index (χ0) is 24.0. The molecule has 5 aromatic rings. The number of carbonyl (C=O) groups excluding carboxylic acids is 1. The van der Waals surface area contributed by atoms with E-state index in [-0.39, 0.29) is 11.8 Å². The minimum absolute atomic E-state index is 0.0765. The molecular formula is C27H25N7O. The van der Waals surface area contributed by atoms with E-state index in [4.69, 9.17) is 4.98 Å². The number of hydrogen-bond donors (Lipinski definition) is 1. The highest BCUT2D eigenvalue weighted by Crippen LogP contribution is 2.25. The average Bonchev–Trinajstić information content (AvgIpc) is 3.35. The van der Waals surface area contributed by atoms with Crippen molar-refractivity contribution < 1.29 is 4.79 Å². The minimum Gasteiger partial charge on any atom is -0.307 e. The van der Waals surface area contributed by atoms with Gasteiger partial charge < -0.3 is 5.32 Å². The normalized spacial score (nSPS) is 12.0. The molecule has 0 saturated carbocycles. The molecule has 0 aliphatic heterocycles. The van der Waals surface area contributed by atoms with Crippen LogP contribution in [0.1, 0.15) is 35.9 Å². The third-order valence-corrected chi connectivity index (χ3v) is 5.83. The number of nitrogens with zero attached hydrogens (tertiary/aromatic N) is 6. The molecule has 1 aromatic carbocycles. The Labute approximate surface area is 203 Å². The van der Waals surface area contributed by atoms with E-state index in [0.717, 1.165) is 22.6 Å². The number of aromatic nitrogens is 6. The second-order valence-electron chi connectivity index (χ2n) is 8.34. The smallest absolute Gasteiger partial charge is 0.164 e. The first-order valence-corrected chi connectivity index (χ1v) is 11.6. The Morgan fingerprint density at radius 2 is 1.80 bits per heavy atom. The lowest BCUT2D eigenvalue weighted by atomic mass is 10.0. The summed E-state index contributed by atoms with van der Waals surface area (Å²) in [6.07, 6.45) is 9.88. The second kappa shape index (κ2) is 10.3. The van der Waals surface area contributed by atoms with Gasteiger partial charge in [0.15, 0.2) is 11.4 Å². The van der Waals surface area contributed by atoms with Gasteiger partial charge in [0.25, 0.3) is 0 Å². The van der Waals surface area contributed by atoms with Crippen molar-refractivity contribution in [1.82, 2.24) is 34.9 Å². The van der Waals surface area contributed by atoms with Crippen molar-refractivity contribution in [2.75, 3.05) is 0 Å². The van der Waals surface area contributed by atoms with Gasteiger partial charge in [-0.05, 0) is 37.6 Å². The zero-order valence-corrected chi connectivity index (χ0v) is 19.4. The predicted molar refractivity (Wildman–Crippen MR) is 134 cm³/mol. The van der Waals surface area contributed by atoms with E-state index in [1.54, 1.807) is 41.4 Å². The number of pyridine rings is 1. The number of hydrogen-bond acceptors (Lipinski definition) is 7. The van der Waals surface area contributed by atoms with Gasteiger partial charge >= 0.3 is 0 Å². The summed E-state index contributed by atoms with van der Waals surface area (Å²) in [5.74, 6) is 0.814. The Bertz CT molecular complexity index is 1430. The number of nitrogens with one attached hydrogen (secondary N) is 1. The maximum Gasteiger partial charge on any atom is 0.164 e. The number of carbonyl (C=O) groups is 1. The molecule has 0 radical (unpaired) electrons. The molecule has 4 heterocycles. The highest BCUT2D eigenvalue weighted by molar-refractivity contribution is 5.97. The Kier molecular flexibility index (Phi) is 6.63. The highest BCUT2D eigenvalue weighted by atomic mass is 16.1. The Hall–Kier alpha value is -4.30. The number of fused-ring (bicyclic) bond motifs is 1. The van der Waals surface area contributed by atoms with Crippen molar-refractivity contribution in [3.8, 4) is 22.5 Å². The second-order valence-corrected chi connectivity index (χ2v) is 8.34. The van der Waals surface area contributed by atoms with Crippen molar-refractivity contribution in [3.63, 3.8) is 0 Å². The molecule has 4 aromatic heterocycles. The van der Waals surface area contributed by atoms with Crippen molar-refractivity contribution in [1.29, 1.82) is 0 Å². The molecule has 5 rings (SSSR count). The molecular weight excluding hydrogens is 438 g/mol.